The second-order valence-electron chi connectivity index (χ2n) is 7.29. The molecule has 0 radical (unpaired) electrons. The van der Waals surface area contributed by atoms with Crippen LogP contribution in [0, 0.1) is 6.92 Å². The molecule has 154 valence electrons. The summed E-state index contributed by atoms with van der Waals surface area (Å²) in [5.41, 5.74) is -2.28. The number of nitrogens with one attached hydrogen (secondary N) is 1. The van der Waals surface area contributed by atoms with Gasteiger partial charge in [0.05, 0.1) is 0 Å². The predicted octanol–water partition coefficient (Wildman–Crippen LogP) is 3.58. The smallest absolute Gasteiger partial charge is 0.268 e. The lowest BCUT2D eigenvalue weighted by atomic mass is 9.79. The quantitative estimate of drug-likeness (QED) is 0.523. The van der Waals surface area contributed by atoms with Gasteiger partial charge in [0.25, 0.3) is 6.43 Å². The molecule has 2 aromatic rings. The van der Waals surface area contributed by atoms with Crippen LogP contribution in [0.3, 0.4) is 0 Å². The molecule has 2 rings (SSSR count). The molecule has 0 saturated carbocycles. The number of ketones is 1. The summed E-state index contributed by atoms with van der Waals surface area (Å²) in [5.74, 6) is -0.867. The van der Waals surface area contributed by atoms with E-state index in [4.69, 9.17) is 5.11 Å². The Morgan fingerprint density at radius 3 is 2.32 bits per heavy atom. The van der Waals surface area contributed by atoms with Crippen LogP contribution in [0.5, 0.6) is 0 Å². The lowest BCUT2D eigenvalue weighted by Gasteiger charge is -2.41. The standard InChI is InChI=1S/C21H27F2NO3S/c1-14-6-11-17(28-14)16-9-7-15(8-10-16)5-4-12-24-20(2,18(26)13-25)21(3,27)19(22)23/h6-11,19,24-25,27H,4-5,12-13H2,1-3H3. The minimum absolute atomic E-state index is 0.247. The first kappa shape index (κ1) is 22.6. The van der Waals surface area contributed by atoms with Crippen LogP contribution in [0.4, 0.5) is 8.78 Å². The number of benzene rings is 1. The Kier molecular flexibility index (Phi) is 7.45. The third kappa shape index (κ3) is 4.84. The Hall–Kier alpha value is -1.67. The van der Waals surface area contributed by atoms with Gasteiger partial charge in [-0.2, -0.15) is 0 Å². The molecule has 0 aliphatic carbocycles. The summed E-state index contributed by atoms with van der Waals surface area (Å²) >= 11 is 1.73. The fraction of sp³-hybridized carbons (Fsp3) is 0.476. The van der Waals surface area contributed by atoms with Crippen LogP contribution >= 0.6 is 11.3 Å². The number of rotatable bonds is 10. The Bertz CT molecular complexity index is 789. The Labute approximate surface area is 168 Å². The van der Waals surface area contributed by atoms with Crippen LogP contribution in [-0.2, 0) is 11.2 Å². The molecule has 2 atom stereocenters. The average Bonchev–Trinajstić information content (AvgIpc) is 3.10. The van der Waals surface area contributed by atoms with Crippen molar-refractivity contribution in [2.24, 2.45) is 0 Å². The molecular weight excluding hydrogens is 384 g/mol. The summed E-state index contributed by atoms with van der Waals surface area (Å²) in [7, 11) is 0. The number of thiophene rings is 1. The van der Waals surface area contributed by atoms with Gasteiger partial charge in [0.15, 0.2) is 5.78 Å². The van der Waals surface area contributed by atoms with E-state index in [1.807, 2.05) is 12.1 Å². The second-order valence-corrected chi connectivity index (χ2v) is 8.58. The van der Waals surface area contributed by atoms with E-state index in [-0.39, 0.29) is 6.54 Å². The first-order valence-corrected chi connectivity index (χ1v) is 9.99. The maximum absolute atomic E-state index is 13.2. The van der Waals surface area contributed by atoms with Gasteiger partial charge in [-0.3, -0.25) is 4.79 Å². The number of carbonyl (C=O) groups is 1. The van der Waals surface area contributed by atoms with Crippen molar-refractivity contribution < 1.29 is 23.8 Å². The highest BCUT2D eigenvalue weighted by molar-refractivity contribution is 7.15. The van der Waals surface area contributed by atoms with Crippen molar-refractivity contribution in [2.45, 2.75) is 51.2 Å². The minimum atomic E-state index is -3.13. The topological polar surface area (TPSA) is 69.6 Å². The molecule has 7 heteroatoms. The van der Waals surface area contributed by atoms with Crippen molar-refractivity contribution in [1.29, 1.82) is 0 Å². The zero-order valence-corrected chi connectivity index (χ0v) is 17.2. The first-order chi connectivity index (χ1) is 13.1. The van der Waals surface area contributed by atoms with E-state index in [0.717, 1.165) is 18.1 Å². The number of aryl methyl sites for hydroxylation is 2. The molecule has 2 unspecified atom stereocenters. The Balaban J connectivity index is 1.95. The maximum Gasteiger partial charge on any atom is 0.268 e. The molecule has 28 heavy (non-hydrogen) atoms. The van der Waals surface area contributed by atoms with Gasteiger partial charge in [-0.25, -0.2) is 8.78 Å². The molecule has 3 N–H and O–H groups in total. The van der Waals surface area contributed by atoms with E-state index >= 15 is 0 Å². The van der Waals surface area contributed by atoms with E-state index in [0.29, 0.717) is 12.8 Å². The zero-order chi connectivity index (χ0) is 20.9. The van der Waals surface area contributed by atoms with Crippen molar-refractivity contribution >= 4 is 17.1 Å². The number of aliphatic hydroxyl groups excluding tert-OH is 1. The number of hydrogen-bond donors (Lipinski definition) is 3. The molecule has 0 aliphatic rings. The van der Waals surface area contributed by atoms with Crippen molar-refractivity contribution in [1.82, 2.24) is 5.32 Å². The average molecular weight is 412 g/mol. The summed E-state index contributed by atoms with van der Waals surface area (Å²) < 4.78 is 26.5. The minimum Gasteiger partial charge on any atom is -0.389 e. The maximum atomic E-state index is 13.2. The van der Waals surface area contributed by atoms with E-state index in [2.05, 4.69) is 36.5 Å². The van der Waals surface area contributed by atoms with Gasteiger partial charge >= 0.3 is 0 Å². The molecule has 0 aliphatic heterocycles. The molecule has 0 saturated heterocycles. The first-order valence-electron chi connectivity index (χ1n) is 9.17. The molecule has 0 fully saturated rings. The molecule has 4 nitrogen and oxygen atoms in total. The van der Waals surface area contributed by atoms with Crippen LogP contribution in [0.15, 0.2) is 36.4 Å². The number of halogens is 2. The summed E-state index contributed by atoms with van der Waals surface area (Å²) in [6.45, 7) is 3.50. The van der Waals surface area contributed by atoms with Crippen LogP contribution in [0.2, 0.25) is 0 Å². The van der Waals surface area contributed by atoms with Gasteiger partial charge in [0, 0.05) is 9.75 Å². The van der Waals surface area contributed by atoms with Crippen molar-refractivity contribution in [3.63, 3.8) is 0 Å². The third-order valence-corrected chi connectivity index (χ3v) is 6.29. The summed E-state index contributed by atoms with van der Waals surface area (Å²) in [6.07, 6.45) is -1.85. The van der Waals surface area contributed by atoms with E-state index in [9.17, 15) is 18.7 Å². The molecular formula is C21H27F2NO3S. The largest absolute Gasteiger partial charge is 0.389 e. The van der Waals surface area contributed by atoms with Crippen LogP contribution in [0.1, 0.15) is 30.7 Å². The third-order valence-electron chi connectivity index (χ3n) is 5.24. The van der Waals surface area contributed by atoms with Crippen LogP contribution in [0.25, 0.3) is 10.4 Å². The van der Waals surface area contributed by atoms with Gasteiger partial charge in [-0.15, -0.1) is 11.3 Å². The van der Waals surface area contributed by atoms with Gasteiger partial charge in [-0.05, 0) is 63.4 Å². The van der Waals surface area contributed by atoms with Gasteiger partial charge < -0.3 is 15.5 Å². The molecule has 1 aromatic carbocycles. The number of carbonyl (C=O) groups excluding carboxylic acids is 1. The molecule has 1 heterocycles. The molecule has 0 bridgehead atoms. The molecule has 0 amide bonds. The van der Waals surface area contributed by atoms with E-state index < -0.39 is 30.0 Å². The van der Waals surface area contributed by atoms with Gasteiger partial charge in [-0.1, -0.05) is 24.3 Å². The van der Waals surface area contributed by atoms with Crippen molar-refractivity contribution in [2.75, 3.05) is 13.2 Å². The van der Waals surface area contributed by atoms with Gasteiger partial charge in [0.2, 0.25) is 0 Å². The van der Waals surface area contributed by atoms with Crippen LogP contribution < -0.4 is 5.32 Å². The Morgan fingerprint density at radius 2 is 1.82 bits per heavy atom. The number of Topliss-reactive ketones (excluding diaryl/α,β-unsaturated/α-hetero) is 1. The predicted molar refractivity (Wildman–Crippen MR) is 108 cm³/mol. The van der Waals surface area contributed by atoms with Crippen LogP contribution in [-0.4, -0.2) is 46.7 Å². The van der Waals surface area contributed by atoms with Crippen molar-refractivity contribution in [3.05, 3.63) is 46.8 Å². The normalized spacial score (nSPS) is 16.0. The SMILES string of the molecule is Cc1ccc(-c2ccc(CCCNC(C)(C(=O)CO)C(C)(O)C(F)F)cc2)s1. The number of hydrogen-bond acceptors (Lipinski definition) is 5. The monoisotopic (exact) mass is 411 g/mol. The highest BCUT2D eigenvalue weighted by Gasteiger charge is 2.54. The lowest BCUT2D eigenvalue weighted by Crippen LogP contribution is -2.68. The summed E-state index contributed by atoms with van der Waals surface area (Å²) in [6, 6.07) is 12.3. The summed E-state index contributed by atoms with van der Waals surface area (Å²) in [5, 5.41) is 22.0. The van der Waals surface area contributed by atoms with E-state index in [1.165, 1.54) is 16.7 Å². The fourth-order valence-corrected chi connectivity index (χ4v) is 3.87. The second kappa shape index (κ2) is 9.22. The van der Waals surface area contributed by atoms with Gasteiger partial charge in [0.1, 0.15) is 17.7 Å². The lowest BCUT2D eigenvalue weighted by molar-refractivity contribution is -0.160. The highest BCUT2D eigenvalue weighted by atomic mass is 32.1. The zero-order valence-electron chi connectivity index (χ0n) is 16.3. The summed E-state index contributed by atoms with van der Waals surface area (Å²) in [4.78, 5) is 14.5. The van der Waals surface area contributed by atoms with E-state index in [1.54, 1.807) is 11.3 Å². The number of alkyl halides is 2. The molecule has 0 spiro atoms. The molecule has 1 aromatic heterocycles. The number of aliphatic hydroxyl groups is 2. The fourth-order valence-electron chi connectivity index (χ4n) is 2.99. The highest BCUT2D eigenvalue weighted by Crippen LogP contribution is 2.30. The Morgan fingerprint density at radius 1 is 1.18 bits per heavy atom. The van der Waals surface area contributed by atoms with Crippen molar-refractivity contribution in [3.8, 4) is 10.4 Å².